The van der Waals surface area contributed by atoms with Crippen LogP contribution in [-0.4, -0.2) is 16.9 Å². The summed E-state index contributed by atoms with van der Waals surface area (Å²) >= 11 is 5.80. The number of nitrogens with zero attached hydrogens (tertiary/aromatic N) is 2. The number of rotatable bonds is 3. The summed E-state index contributed by atoms with van der Waals surface area (Å²) in [4.78, 5) is 0. The molecule has 0 saturated heterocycles. The van der Waals surface area contributed by atoms with Crippen molar-refractivity contribution in [3.63, 3.8) is 0 Å². The third-order valence-corrected chi connectivity index (χ3v) is 2.36. The van der Waals surface area contributed by atoms with Crippen LogP contribution in [-0.2, 0) is 6.54 Å². The summed E-state index contributed by atoms with van der Waals surface area (Å²) in [5.41, 5.74) is 1.16. The fourth-order valence-corrected chi connectivity index (χ4v) is 1.44. The summed E-state index contributed by atoms with van der Waals surface area (Å²) in [7, 11) is 1.63. The van der Waals surface area contributed by atoms with Crippen molar-refractivity contribution >= 4 is 11.6 Å². The molecule has 2 aromatic rings. The molecule has 0 atom stereocenters. The second-order valence-electron chi connectivity index (χ2n) is 3.20. The Balaban J connectivity index is 2.11. The molecule has 4 heteroatoms. The Morgan fingerprint density at radius 1 is 1.33 bits per heavy atom. The maximum atomic E-state index is 5.80. The molecule has 1 aromatic heterocycles. The van der Waals surface area contributed by atoms with Crippen LogP contribution in [0.4, 0.5) is 0 Å². The van der Waals surface area contributed by atoms with Crippen LogP contribution in [0.15, 0.2) is 36.7 Å². The number of benzene rings is 1. The van der Waals surface area contributed by atoms with Crippen molar-refractivity contribution in [1.29, 1.82) is 0 Å². The van der Waals surface area contributed by atoms with Crippen molar-refractivity contribution in [2.24, 2.45) is 0 Å². The van der Waals surface area contributed by atoms with Gasteiger partial charge in [-0.3, -0.25) is 4.68 Å². The standard InChI is InChI=1S/C11H11ClN2O/c1-15-11-6-13-14(8-11)7-9-2-4-10(12)5-3-9/h2-6,8H,7H2,1H3. The van der Waals surface area contributed by atoms with E-state index in [1.54, 1.807) is 13.3 Å². The molecule has 1 aromatic carbocycles. The molecule has 0 fully saturated rings. The predicted molar refractivity (Wildman–Crippen MR) is 59.3 cm³/mol. The molecular formula is C11H11ClN2O. The highest BCUT2D eigenvalue weighted by atomic mass is 35.5. The lowest BCUT2D eigenvalue weighted by Crippen LogP contribution is -1.99. The number of methoxy groups -OCH3 is 1. The first-order chi connectivity index (χ1) is 7.28. The summed E-state index contributed by atoms with van der Waals surface area (Å²) in [5, 5.41) is 4.91. The van der Waals surface area contributed by atoms with Gasteiger partial charge in [-0.25, -0.2) is 0 Å². The third-order valence-electron chi connectivity index (χ3n) is 2.10. The van der Waals surface area contributed by atoms with Crippen LogP contribution in [0, 0.1) is 0 Å². The van der Waals surface area contributed by atoms with E-state index in [0.717, 1.165) is 22.9 Å². The average Bonchev–Trinajstić information content (AvgIpc) is 2.69. The lowest BCUT2D eigenvalue weighted by molar-refractivity contribution is 0.414. The molecule has 0 unspecified atom stereocenters. The molecule has 0 aliphatic rings. The largest absolute Gasteiger partial charge is 0.493 e. The Bertz CT molecular complexity index is 436. The normalized spacial score (nSPS) is 10.3. The van der Waals surface area contributed by atoms with Gasteiger partial charge < -0.3 is 4.74 Å². The number of ether oxygens (including phenoxy) is 1. The molecule has 0 bridgehead atoms. The Hall–Kier alpha value is -1.48. The van der Waals surface area contributed by atoms with E-state index in [-0.39, 0.29) is 0 Å². The molecule has 2 rings (SSSR count). The van der Waals surface area contributed by atoms with Crippen molar-refractivity contribution in [3.8, 4) is 5.75 Å². The van der Waals surface area contributed by atoms with E-state index in [1.807, 2.05) is 35.1 Å². The van der Waals surface area contributed by atoms with Crippen molar-refractivity contribution in [2.45, 2.75) is 6.54 Å². The smallest absolute Gasteiger partial charge is 0.156 e. The maximum Gasteiger partial charge on any atom is 0.156 e. The van der Waals surface area contributed by atoms with Gasteiger partial charge in [0, 0.05) is 5.02 Å². The highest BCUT2D eigenvalue weighted by Gasteiger charge is 1.98. The summed E-state index contributed by atoms with van der Waals surface area (Å²) in [5.74, 6) is 0.768. The van der Waals surface area contributed by atoms with Crippen molar-refractivity contribution < 1.29 is 4.74 Å². The second-order valence-corrected chi connectivity index (χ2v) is 3.64. The third kappa shape index (κ3) is 2.50. The molecule has 0 radical (unpaired) electrons. The van der Waals surface area contributed by atoms with Gasteiger partial charge in [-0.15, -0.1) is 0 Å². The first kappa shape index (κ1) is 10.1. The summed E-state index contributed by atoms with van der Waals surface area (Å²) < 4.78 is 6.87. The molecule has 1 heterocycles. The monoisotopic (exact) mass is 222 g/mol. The Kier molecular flexibility index (Phi) is 2.92. The van der Waals surface area contributed by atoms with E-state index in [0.29, 0.717) is 0 Å². The molecule has 0 amide bonds. The molecule has 0 aliphatic carbocycles. The predicted octanol–water partition coefficient (Wildman–Crippen LogP) is 2.59. The Morgan fingerprint density at radius 3 is 2.67 bits per heavy atom. The topological polar surface area (TPSA) is 27.1 Å². The molecule has 0 spiro atoms. The number of aromatic nitrogens is 2. The van der Waals surface area contributed by atoms with Gasteiger partial charge in [-0.2, -0.15) is 5.10 Å². The highest BCUT2D eigenvalue weighted by molar-refractivity contribution is 6.30. The van der Waals surface area contributed by atoms with Gasteiger partial charge >= 0.3 is 0 Å². The SMILES string of the molecule is COc1cnn(Cc2ccc(Cl)cc2)c1. The maximum absolute atomic E-state index is 5.80. The first-order valence-electron chi connectivity index (χ1n) is 4.59. The highest BCUT2D eigenvalue weighted by Crippen LogP contribution is 2.12. The van der Waals surface area contributed by atoms with E-state index >= 15 is 0 Å². The van der Waals surface area contributed by atoms with Gasteiger partial charge in [-0.1, -0.05) is 23.7 Å². The minimum absolute atomic E-state index is 0.723. The molecule has 3 nitrogen and oxygen atoms in total. The first-order valence-corrected chi connectivity index (χ1v) is 4.96. The minimum Gasteiger partial charge on any atom is -0.493 e. The van der Waals surface area contributed by atoms with Gasteiger partial charge in [-0.05, 0) is 17.7 Å². The zero-order valence-corrected chi connectivity index (χ0v) is 9.11. The van der Waals surface area contributed by atoms with Crippen molar-refractivity contribution in [3.05, 3.63) is 47.2 Å². The van der Waals surface area contributed by atoms with Gasteiger partial charge in [0.15, 0.2) is 5.75 Å². The van der Waals surface area contributed by atoms with Crippen LogP contribution < -0.4 is 4.74 Å². The van der Waals surface area contributed by atoms with Crippen molar-refractivity contribution in [2.75, 3.05) is 7.11 Å². The minimum atomic E-state index is 0.723. The molecule has 0 saturated carbocycles. The van der Waals surface area contributed by atoms with Crippen LogP contribution in [0.5, 0.6) is 5.75 Å². The zero-order chi connectivity index (χ0) is 10.7. The molecule has 0 aliphatic heterocycles. The van der Waals surface area contributed by atoms with E-state index in [4.69, 9.17) is 16.3 Å². The Labute approximate surface area is 93.2 Å². The second kappa shape index (κ2) is 4.36. The number of hydrogen-bond acceptors (Lipinski definition) is 2. The quantitative estimate of drug-likeness (QED) is 0.798. The fourth-order valence-electron chi connectivity index (χ4n) is 1.31. The molecule has 0 N–H and O–H groups in total. The van der Waals surface area contributed by atoms with Crippen LogP contribution in [0.1, 0.15) is 5.56 Å². The van der Waals surface area contributed by atoms with Crippen LogP contribution in [0.2, 0.25) is 5.02 Å². The van der Waals surface area contributed by atoms with Crippen LogP contribution >= 0.6 is 11.6 Å². The van der Waals surface area contributed by atoms with E-state index in [9.17, 15) is 0 Å². The van der Waals surface area contributed by atoms with Gasteiger partial charge in [0.05, 0.1) is 26.0 Å². The molecule has 78 valence electrons. The molecule has 15 heavy (non-hydrogen) atoms. The van der Waals surface area contributed by atoms with E-state index < -0.39 is 0 Å². The summed E-state index contributed by atoms with van der Waals surface area (Å²) in [6, 6.07) is 7.71. The fraction of sp³-hybridized carbons (Fsp3) is 0.182. The Morgan fingerprint density at radius 2 is 2.07 bits per heavy atom. The number of halogens is 1. The van der Waals surface area contributed by atoms with Crippen LogP contribution in [0.3, 0.4) is 0 Å². The average molecular weight is 223 g/mol. The van der Waals surface area contributed by atoms with E-state index in [2.05, 4.69) is 5.10 Å². The zero-order valence-electron chi connectivity index (χ0n) is 8.35. The van der Waals surface area contributed by atoms with Crippen molar-refractivity contribution in [1.82, 2.24) is 9.78 Å². The lowest BCUT2D eigenvalue weighted by atomic mass is 10.2. The van der Waals surface area contributed by atoms with Gasteiger partial charge in [0.2, 0.25) is 0 Å². The van der Waals surface area contributed by atoms with E-state index in [1.165, 1.54) is 0 Å². The van der Waals surface area contributed by atoms with Gasteiger partial charge in [0.1, 0.15) is 0 Å². The summed E-state index contributed by atoms with van der Waals surface area (Å²) in [6.45, 7) is 0.723. The summed E-state index contributed by atoms with van der Waals surface area (Å²) in [6.07, 6.45) is 3.55. The van der Waals surface area contributed by atoms with Gasteiger partial charge in [0.25, 0.3) is 0 Å². The number of hydrogen-bond donors (Lipinski definition) is 0. The molecular weight excluding hydrogens is 212 g/mol. The lowest BCUT2D eigenvalue weighted by Gasteiger charge is -2.01. The van der Waals surface area contributed by atoms with Crippen LogP contribution in [0.25, 0.3) is 0 Å².